The van der Waals surface area contributed by atoms with E-state index in [1.54, 1.807) is 6.07 Å². The van der Waals surface area contributed by atoms with Crippen LogP contribution >= 0.6 is 0 Å². The average molecular weight is 194 g/mol. The van der Waals surface area contributed by atoms with E-state index in [0.717, 1.165) is 30.5 Å². The van der Waals surface area contributed by atoms with Crippen LogP contribution in [0.1, 0.15) is 18.4 Å². The lowest BCUT2D eigenvalue weighted by molar-refractivity contribution is 0.584. The Bertz CT molecular complexity index is 325. The van der Waals surface area contributed by atoms with Gasteiger partial charge in [0.1, 0.15) is 5.82 Å². The summed E-state index contributed by atoms with van der Waals surface area (Å²) in [6.07, 6.45) is 2.98. The molecule has 0 radical (unpaired) electrons. The molecular formula is C11H15FN2. The molecule has 1 aliphatic rings. The Morgan fingerprint density at radius 1 is 1.50 bits per heavy atom. The summed E-state index contributed by atoms with van der Waals surface area (Å²) in [7, 11) is 0. The molecule has 0 bridgehead atoms. The lowest BCUT2D eigenvalue weighted by Gasteiger charge is -2.26. The molecule has 1 heterocycles. The third kappa shape index (κ3) is 1.87. The van der Waals surface area contributed by atoms with Crippen molar-refractivity contribution in [2.24, 2.45) is 5.73 Å². The molecule has 0 fully saturated rings. The average Bonchev–Trinajstić information content (AvgIpc) is 2.19. The summed E-state index contributed by atoms with van der Waals surface area (Å²) in [5.74, 6) is -0.150. The van der Waals surface area contributed by atoms with Crippen molar-refractivity contribution < 1.29 is 4.39 Å². The number of hydrogen-bond acceptors (Lipinski definition) is 2. The molecule has 0 aromatic heterocycles. The van der Waals surface area contributed by atoms with E-state index in [2.05, 4.69) is 5.32 Å². The lowest BCUT2D eigenvalue weighted by Crippen LogP contribution is -2.27. The molecule has 0 saturated heterocycles. The number of anilines is 1. The second kappa shape index (κ2) is 3.96. The summed E-state index contributed by atoms with van der Waals surface area (Å²) in [4.78, 5) is 0. The summed E-state index contributed by atoms with van der Waals surface area (Å²) in [5, 5.41) is 3.38. The molecule has 3 N–H and O–H groups in total. The summed E-state index contributed by atoms with van der Waals surface area (Å²) < 4.78 is 12.9. The Morgan fingerprint density at radius 2 is 2.36 bits per heavy atom. The number of fused-ring (bicyclic) bond motifs is 1. The molecule has 1 unspecified atom stereocenters. The Kier molecular flexibility index (Phi) is 2.68. The highest BCUT2D eigenvalue weighted by Crippen LogP contribution is 2.26. The highest BCUT2D eigenvalue weighted by molar-refractivity contribution is 5.53. The molecule has 3 heteroatoms. The molecule has 0 saturated carbocycles. The monoisotopic (exact) mass is 194 g/mol. The van der Waals surface area contributed by atoms with Crippen molar-refractivity contribution in [2.75, 3.05) is 11.9 Å². The van der Waals surface area contributed by atoms with Gasteiger partial charge in [0.15, 0.2) is 0 Å². The normalized spacial score (nSPS) is 20.0. The van der Waals surface area contributed by atoms with E-state index in [1.165, 1.54) is 6.07 Å². The van der Waals surface area contributed by atoms with Crippen molar-refractivity contribution in [3.63, 3.8) is 0 Å². The Balaban J connectivity index is 2.15. The van der Waals surface area contributed by atoms with Gasteiger partial charge < -0.3 is 11.1 Å². The minimum atomic E-state index is -0.150. The highest BCUT2D eigenvalue weighted by atomic mass is 19.1. The van der Waals surface area contributed by atoms with Gasteiger partial charge in [-0.3, -0.25) is 0 Å². The van der Waals surface area contributed by atoms with Crippen LogP contribution in [0.15, 0.2) is 18.2 Å². The molecule has 2 nitrogen and oxygen atoms in total. The Labute approximate surface area is 83.3 Å². The number of halogens is 1. The van der Waals surface area contributed by atoms with Gasteiger partial charge in [0.2, 0.25) is 0 Å². The van der Waals surface area contributed by atoms with Gasteiger partial charge in [0.25, 0.3) is 0 Å². The van der Waals surface area contributed by atoms with E-state index < -0.39 is 0 Å². The highest BCUT2D eigenvalue weighted by Gasteiger charge is 2.16. The van der Waals surface area contributed by atoms with Crippen LogP contribution in [-0.4, -0.2) is 12.6 Å². The van der Waals surface area contributed by atoms with Crippen molar-refractivity contribution >= 4 is 5.69 Å². The van der Waals surface area contributed by atoms with Crippen molar-refractivity contribution in [2.45, 2.75) is 25.3 Å². The van der Waals surface area contributed by atoms with E-state index in [1.807, 2.05) is 6.07 Å². The molecule has 1 aromatic rings. The van der Waals surface area contributed by atoms with Gasteiger partial charge in [-0.25, -0.2) is 4.39 Å². The number of hydrogen-bond donors (Lipinski definition) is 2. The summed E-state index contributed by atoms with van der Waals surface area (Å²) in [5.41, 5.74) is 7.65. The number of rotatable bonds is 2. The first-order valence-corrected chi connectivity index (χ1v) is 5.04. The number of nitrogens with two attached hydrogens (primary N) is 1. The van der Waals surface area contributed by atoms with Gasteiger partial charge in [-0.1, -0.05) is 0 Å². The van der Waals surface area contributed by atoms with Crippen LogP contribution in [-0.2, 0) is 6.42 Å². The molecule has 14 heavy (non-hydrogen) atoms. The van der Waals surface area contributed by atoms with E-state index >= 15 is 0 Å². The van der Waals surface area contributed by atoms with Gasteiger partial charge in [-0.05, 0) is 49.6 Å². The summed E-state index contributed by atoms with van der Waals surface area (Å²) in [6.45, 7) is 0.703. The molecule has 0 spiro atoms. The zero-order valence-corrected chi connectivity index (χ0v) is 8.09. The Morgan fingerprint density at radius 3 is 3.14 bits per heavy atom. The fourth-order valence-corrected chi connectivity index (χ4v) is 1.95. The fraction of sp³-hybridized carbons (Fsp3) is 0.455. The van der Waals surface area contributed by atoms with E-state index in [0.29, 0.717) is 12.6 Å². The maximum absolute atomic E-state index is 12.9. The summed E-state index contributed by atoms with van der Waals surface area (Å²) >= 11 is 0. The van der Waals surface area contributed by atoms with Gasteiger partial charge in [-0.2, -0.15) is 0 Å². The van der Waals surface area contributed by atoms with E-state index in [9.17, 15) is 4.39 Å². The molecule has 76 valence electrons. The van der Waals surface area contributed by atoms with Crippen LogP contribution in [0.25, 0.3) is 0 Å². The van der Waals surface area contributed by atoms with Crippen molar-refractivity contribution in [1.82, 2.24) is 0 Å². The van der Waals surface area contributed by atoms with Gasteiger partial charge >= 0.3 is 0 Å². The van der Waals surface area contributed by atoms with Crippen LogP contribution in [0.5, 0.6) is 0 Å². The molecule has 1 aromatic carbocycles. The van der Waals surface area contributed by atoms with Crippen LogP contribution in [0.2, 0.25) is 0 Å². The molecule has 0 aliphatic carbocycles. The second-order valence-corrected chi connectivity index (χ2v) is 3.76. The van der Waals surface area contributed by atoms with Gasteiger partial charge in [-0.15, -0.1) is 0 Å². The standard InChI is InChI=1S/C11H15FN2/c12-9-2-4-11-8(7-9)1-3-10(14-11)5-6-13/h2,4,7,10,14H,1,3,5-6,13H2. The number of aryl methyl sites for hydroxylation is 1. The first-order valence-electron chi connectivity index (χ1n) is 5.04. The van der Waals surface area contributed by atoms with Crippen LogP contribution < -0.4 is 11.1 Å². The minimum Gasteiger partial charge on any atom is -0.382 e. The van der Waals surface area contributed by atoms with Crippen LogP contribution in [0.4, 0.5) is 10.1 Å². The van der Waals surface area contributed by atoms with Crippen LogP contribution in [0.3, 0.4) is 0 Å². The van der Waals surface area contributed by atoms with Crippen LogP contribution in [0, 0.1) is 5.82 Å². The second-order valence-electron chi connectivity index (χ2n) is 3.76. The third-order valence-corrected chi connectivity index (χ3v) is 2.70. The summed E-state index contributed by atoms with van der Waals surface area (Å²) in [6, 6.07) is 5.38. The van der Waals surface area contributed by atoms with Crippen molar-refractivity contribution in [3.05, 3.63) is 29.6 Å². The van der Waals surface area contributed by atoms with Crippen molar-refractivity contribution in [1.29, 1.82) is 0 Å². The molecular weight excluding hydrogens is 179 g/mol. The predicted octanol–water partition coefficient (Wildman–Crippen LogP) is 1.90. The van der Waals surface area contributed by atoms with E-state index in [4.69, 9.17) is 5.73 Å². The first-order chi connectivity index (χ1) is 6.79. The quantitative estimate of drug-likeness (QED) is 0.754. The predicted molar refractivity (Wildman–Crippen MR) is 55.8 cm³/mol. The largest absolute Gasteiger partial charge is 0.382 e. The number of benzene rings is 1. The zero-order chi connectivity index (χ0) is 9.97. The number of nitrogens with one attached hydrogen (secondary N) is 1. The lowest BCUT2D eigenvalue weighted by atomic mass is 9.96. The smallest absolute Gasteiger partial charge is 0.123 e. The maximum atomic E-state index is 12.9. The molecule has 0 amide bonds. The topological polar surface area (TPSA) is 38.0 Å². The minimum absolute atomic E-state index is 0.150. The fourth-order valence-electron chi connectivity index (χ4n) is 1.95. The third-order valence-electron chi connectivity index (χ3n) is 2.70. The SMILES string of the molecule is NCCC1CCc2cc(F)ccc2N1. The molecule has 1 atom stereocenters. The van der Waals surface area contributed by atoms with Gasteiger partial charge in [0, 0.05) is 11.7 Å². The maximum Gasteiger partial charge on any atom is 0.123 e. The van der Waals surface area contributed by atoms with Gasteiger partial charge in [0.05, 0.1) is 0 Å². The Hall–Kier alpha value is -1.09. The molecule has 2 rings (SSSR count). The molecule has 1 aliphatic heterocycles. The first kappa shape index (κ1) is 9.46. The van der Waals surface area contributed by atoms with Crippen molar-refractivity contribution in [3.8, 4) is 0 Å². The zero-order valence-electron chi connectivity index (χ0n) is 8.09. The van der Waals surface area contributed by atoms with E-state index in [-0.39, 0.29) is 5.82 Å².